The van der Waals surface area contributed by atoms with E-state index in [4.69, 9.17) is 16.0 Å². The number of hydrogen-bond donors (Lipinski definition) is 2. The van der Waals surface area contributed by atoms with E-state index in [0.29, 0.717) is 28.2 Å². The molecule has 0 aliphatic heterocycles. The van der Waals surface area contributed by atoms with Crippen LogP contribution < -0.4 is 10.0 Å². The highest BCUT2D eigenvalue weighted by Crippen LogP contribution is 2.24. The average molecular weight is 407 g/mol. The Kier molecular flexibility index (Phi) is 5.84. The molecular weight excluding hydrogens is 388 g/mol. The first kappa shape index (κ1) is 19.4. The summed E-state index contributed by atoms with van der Waals surface area (Å²) in [6, 6.07) is 12.7. The number of furan rings is 1. The maximum Gasteiger partial charge on any atom is 0.291 e. The standard InChI is InChI=1S/C19H19ClN2O4S/c1-2-3-9-21-27(24,25)16-6-4-5-15(12-16)22-19(23)18-11-13-10-14(20)7-8-17(13)26-18/h4-8,10-12,21H,2-3,9H2,1H3,(H,22,23). The molecule has 0 saturated carbocycles. The van der Waals surface area contributed by atoms with Gasteiger partial charge in [-0.1, -0.05) is 31.0 Å². The van der Waals surface area contributed by atoms with Gasteiger partial charge in [-0.25, -0.2) is 13.1 Å². The fourth-order valence-electron chi connectivity index (χ4n) is 2.53. The molecule has 0 saturated heterocycles. The molecule has 2 aromatic carbocycles. The van der Waals surface area contributed by atoms with Gasteiger partial charge in [-0.3, -0.25) is 4.79 Å². The fourth-order valence-corrected chi connectivity index (χ4v) is 3.83. The van der Waals surface area contributed by atoms with E-state index >= 15 is 0 Å². The van der Waals surface area contributed by atoms with Crippen molar-refractivity contribution in [3.05, 3.63) is 59.3 Å². The number of carbonyl (C=O) groups is 1. The first-order chi connectivity index (χ1) is 12.9. The van der Waals surface area contributed by atoms with Crippen molar-refractivity contribution in [2.24, 2.45) is 0 Å². The Morgan fingerprint density at radius 2 is 1.96 bits per heavy atom. The Labute approximate surface area is 162 Å². The molecule has 0 spiro atoms. The molecule has 27 heavy (non-hydrogen) atoms. The molecule has 0 atom stereocenters. The van der Waals surface area contributed by atoms with Gasteiger partial charge in [-0.05, 0) is 48.9 Å². The van der Waals surface area contributed by atoms with Crippen LogP contribution in [-0.2, 0) is 10.0 Å². The smallest absolute Gasteiger partial charge is 0.291 e. The van der Waals surface area contributed by atoms with Gasteiger partial charge < -0.3 is 9.73 Å². The summed E-state index contributed by atoms with van der Waals surface area (Å²) in [6.45, 7) is 2.35. The predicted molar refractivity (Wildman–Crippen MR) is 106 cm³/mol. The van der Waals surface area contributed by atoms with Crippen LogP contribution in [0, 0.1) is 0 Å². The zero-order chi connectivity index (χ0) is 19.4. The lowest BCUT2D eigenvalue weighted by Crippen LogP contribution is -2.24. The van der Waals surface area contributed by atoms with E-state index in [9.17, 15) is 13.2 Å². The molecule has 1 heterocycles. The monoisotopic (exact) mass is 406 g/mol. The van der Waals surface area contributed by atoms with Crippen molar-refractivity contribution >= 4 is 44.2 Å². The minimum Gasteiger partial charge on any atom is -0.451 e. The maximum atomic E-state index is 12.4. The lowest BCUT2D eigenvalue weighted by molar-refractivity contribution is 0.0998. The number of amides is 1. The van der Waals surface area contributed by atoms with Crippen molar-refractivity contribution in [2.75, 3.05) is 11.9 Å². The Morgan fingerprint density at radius 1 is 1.15 bits per heavy atom. The average Bonchev–Trinajstić information content (AvgIpc) is 3.05. The summed E-state index contributed by atoms with van der Waals surface area (Å²) in [4.78, 5) is 12.5. The third-order valence-corrected chi connectivity index (χ3v) is 5.62. The third-order valence-electron chi connectivity index (χ3n) is 3.93. The first-order valence-corrected chi connectivity index (χ1v) is 10.4. The van der Waals surface area contributed by atoms with Crippen LogP contribution >= 0.6 is 11.6 Å². The normalized spacial score (nSPS) is 11.6. The summed E-state index contributed by atoms with van der Waals surface area (Å²) >= 11 is 5.94. The lowest BCUT2D eigenvalue weighted by atomic mass is 10.2. The molecule has 0 fully saturated rings. The van der Waals surface area contributed by atoms with Crippen LogP contribution in [0.3, 0.4) is 0 Å². The van der Waals surface area contributed by atoms with Crippen LogP contribution in [0.5, 0.6) is 0 Å². The number of unbranched alkanes of at least 4 members (excludes halogenated alkanes) is 1. The van der Waals surface area contributed by atoms with Crippen LogP contribution in [-0.4, -0.2) is 20.9 Å². The number of sulfonamides is 1. The van der Waals surface area contributed by atoms with Crippen LogP contribution in [0.1, 0.15) is 30.3 Å². The lowest BCUT2D eigenvalue weighted by Gasteiger charge is -2.08. The molecule has 8 heteroatoms. The number of rotatable bonds is 7. The number of nitrogens with one attached hydrogen (secondary N) is 2. The highest BCUT2D eigenvalue weighted by molar-refractivity contribution is 7.89. The molecule has 0 bridgehead atoms. The molecule has 0 aliphatic carbocycles. The third kappa shape index (κ3) is 4.68. The summed E-state index contributed by atoms with van der Waals surface area (Å²) < 4.78 is 32.7. The molecule has 0 aliphatic rings. The van der Waals surface area contributed by atoms with Crippen molar-refractivity contribution in [3.63, 3.8) is 0 Å². The molecule has 142 valence electrons. The van der Waals surface area contributed by atoms with Gasteiger partial charge >= 0.3 is 0 Å². The molecule has 3 rings (SSSR count). The Bertz CT molecular complexity index is 1080. The van der Waals surface area contributed by atoms with E-state index < -0.39 is 15.9 Å². The number of halogens is 1. The minimum atomic E-state index is -3.62. The van der Waals surface area contributed by atoms with E-state index in [1.807, 2.05) is 6.92 Å². The molecule has 1 aromatic heterocycles. The predicted octanol–water partition coefficient (Wildman–Crippen LogP) is 4.42. The molecule has 6 nitrogen and oxygen atoms in total. The summed E-state index contributed by atoms with van der Waals surface area (Å²) in [5.74, 6) is -0.364. The molecule has 1 amide bonds. The van der Waals surface area contributed by atoms with Crippen LogP contribution in [0.2, 0.25) is 5.02 Å². The number of anilines is 1. The van der Waals surface area contributed by atoms with E-state index in [2.05, 4.69) is 10.0 Å². The van der Waals surface area contributed by atoms with Gasteiger partial charge in [0.15, 0.2) is 5.76 Å². The van der Waals surface area contributed by atoms with Gasteiger partial charge in [-0.2, -0.15) is 0 Å². The number of benzene rings is 2. The second-order valence-electron chi connectivity index (χ2n) is 6.03. The van der Waals surface area contributed by atoms with Gasteiger partial charge in [0, 0.05) is 22.6 Å². The van der Waals surface area contributed by atoms with Crippen LogP contribution in [0.15, 0.2) is 57.8 Å². The zero-order valence-corrected chi connectivity index (χ0v) is 16.2. The minimum absolute atomic E-state index is 0.0905. The summed E-state index contributed by atoms with van der Waals surface area (Å²) in [5, 5.41) is 3.91. The molecular formula is C19H19ClN2O4S. The SMILES string of the molecule is CCCCNS(=O)(=O)c1cccc(NC(=O)c2cc3cc(Cl)ccc3o2)c1. The van der Waals surface area contributed by atoms with Gasteiger partial charge in [0.05, 0.1) is 4.90 Å². The zero-order valence-electron chi connectivity index (χ0n) is 14.7. The Balaban J connectivity index is 1.77. The van der Waals surface area contributed by atoms with Crippen molar-refractivity contribution < 1.29 is 17.6 Å². The van der Waals surface area contributed by atoms with Crippen molar-refractivity contribution in [1.29, 1.82) is 0 Å². The second kappa shape index (κ2) is 8.12. The maximum absolute atomic E-state index is 12.4. The number of hydrogen-bond acceptors (Lipinski definition) is 4. The van der Waals surface area contributed by atoms with Crippen molar-refractivity contribution in [1.82, 2.24) is 4.72 Å². The molecule has 2 N–H and O–H groups in total. The summed E-state index contributed by atoms with van der Waals surface area (Å²) in [6.07, 6.45) is 1.65. The van der Waals surface area contributed by atoms with E-state index in [0.717, 1.165) is 12.8 Å². The van der Waals surface area contributed by atoms with Crippen LogP contribution in [0.25, 0.3) is 11.0 Å². The molecule has 3 aromatic rings. The van der Waals surface area contributed by atoms with Crippen LogP contribution in [0.4, 0.5) is 5.69 Å². The Hall–Kier alpha value is -2.35. The second-order valence-corrected chi connectivity index (χ2v) is 8.23. The fraction of sp³-hybridized carbons (Fsp3) is 0.211. The summed E-state index contributed by atoms with van der Waals surface area (Å²) in [7, 11) is -3.62. The molecule has 0 unspecified atom stereocenters. The van der Waals surface area contributed by atoms with Gasteiger partial charge in [0.25, 0.3) is 5.91 Å². The number of carbonyl (C=O) groups excluding carboxylic acids is 1. The summed E-state index contributed by atoms with van der Waals surface area (Å²) in [5.41, 5.74) is 0.901. The number of fused-ring (bicyclic) bond motifs is 1. The van der Waals surface area contributed by atoms with Crippen molar-refractivity contribution in [2.45, 2.75) is 24.7 Å². The quantitative estimate of drug-likeness (QED) is 0.568. The van der Waals surface area contributed by atoms with E-state index in [1.54, 1.807) is 36.4 Å². The van der Waals surface area contributed by atoms with Crippen molar-refractivity contribution in [3.8, 4) is 0 Å². The van der Waals surface area contributed by atoms with Gasteiger partial charge in [0.1, 0.15) is 5.58 Å². The first-order valence-electron chi connectivity index (χ1n) is 8.49. The van der Waals surface area contributed by atoms with E-state index in [-0.39, 0.29) is 10.7 Å². The topological polar surface area (TPSA) is 88.4 Å². The van der Waals surface area contributed by atoms with E-state index in [1.165, 1.54) is 12.1 Å². The highest BCUT2D eigenvalue weighted by Gasteiger charge is 2.16. The Morgan fingerprint density at radius 3 is 2.74 bits per heavy atom. The largest absolute Gasteiger partial charge is 0.451 e. The van der Waals surface area contributed by atoms with Gasteiger partial charge in [0.2, 0.25) is 10.0 Å². The van der Waals surface area contributed by atoms with Gasteiger partial charge in [-0.15, -0.1) is 0 Å². The highest BCUT2D eigenvalue weighted by atomic mass is 35.5. The molecule has 0 radical (unpaired) electrons.